The van der Waals surface area contributed by atoms with Crippen LogP contribution in [0.4, 0.5) is 0 Å². The van der Waals surface area contributed by atoms with Gasteiger partial charge in [-0.25, -0.2) is 4.79 Å². The lowest BCUT2D eigenvalue weighted by Crippen LogP contribution is -2.54. The van der Waals surface area contributed by atoms with Gasteiger partial charge in [-0.1, -0.05) is 66.7 Å². The summed E-state index contributed by atoms with van der Waals surface area (Å²) in [5.41, 5.74) is 4.09. The Kier molecular flexibility index (Phi) is 8.25. The van der Waals surface area contributed by atoms with Gasteiger partial charge in [-0.15, -0.1) is 0 Å². The van der Waals surface area contributed by atoms with Crippen molar-refractivity contribution in [1.29, 1.82) is 0 Å². The molecule has 2 atom stereocenters. The molecule has 2 aliphatic rings. The van der Waals surface area contributed by atoms with E-state index in [-0.39, 0.29) is 36.7 Å². The number of carbonyl (C=O) groups is 3. The lowest BCUT2D eigenvalue weighted by molar-refractivity contribution is -0.149. The van der Waals surface area contributed by atoms with Crippen molar-refractivity contribution in [3.8, 4) is 5.75 Å². The molecule has 1 saturated carbocycles. The second-order valence-corrected chi connectivity index (χ2v) is 10.4. The van der Waals surface area contributed by atoms with Crippen molar-refractivity contribution < 1.29 is 23.9 Å². The Labute approximate surface area is 228 Å². The minimum Gasteiger partial charge on any atom is -0.497 e. The minimum atomic E-state index is -0.900. The van der Waals surface area contributed by atoms with Gasteiger partial charge in [0.2, 0.25) is 11.8 Å². The molecule has 0 radical (unpaired) electrons. The fourth-order valence-electron chi connectivity index (χ4n) is 5.12. The van der Waals surface area contributed by atoms with Crippen LogP contribution >= 0.6 is 0 Å². The van der Waals surface area contributed by atoms with Gasteiger partial charge in [-0.2, -0.15) is 0 Å². The normalized spacial score (nSPS) is 16.0. The monoisotopic (exact) mass is 526 g/mol. The Bertz CT molecular complexity index is 1280. The Balaban J connectivity index is 1.26. The van der Waals surface area contributed by atoms with E-state index in [1.54, 1.807) is 7.11 Å². The Hall–Kier alpha value is -4.13. The average Bonchev–Trinajstić information content (AvgIpc) is 3.71. The van der Waals surface area contributed by atoms with E-state index >= 15 is 0 Å². The van der Waals surface area contributed by atoms with Crippen molar-refractivity contribution in [2.75, 3.05) is 7.11 Å². The third kappa shape index (κ3) is 6.85. The number of amides is 2. The third-order valence-corrected chi connectivity index (χ3v) is 7.52. The number of benzene rings is 3. The standard InChI is InChI=1S/C32H34N2O5/c1-38-27-15-11-21(12-16-27)17-28(32(37)39-20-22-7-3-2-4-8-22)33-31(36)29(23-13-14-23)34-30(35)26-18-24-9-5-6-10-25(24)19-26/h2-12,15-16,23,26,28-29H,13-14,17-20H2,1H3,(H,33,36)(H,34,35). The first kappa shape index (κ1) is 26.5. The second-order valence-electron chi connectivity index (χ2n) is 10.4. The maximum atomic E-state index is 13.5. The molecule has 1 fully saturated rings. The van der Waals surface area contributed by atoms with Crippen molar-refractivity contribution in [3.63, 3.8) is 0 Å². The third-order valence-electron chi connectivity index (χ3n) is 7.52. The van der Waals surface area contributed by atoms with Crippen molar-refractivity contribution >= 4 is 17.8 Å². The summed E-state index contributed by atoms with van der Waals surface area (Å²) in [5.74, 6) is -0.401. The van der Waals surface area contributed by atoms with E-state index in [0.717, 1.165) is 24.0 Å². The number of fused-ring (bicyclic) bond motifs is 1. The van der Waals surface area contributed by atoms with Gasteiger partial charge in [-0.05, 0) is 66.0 Å². The number of rotatable bonds is 11. The van der Waals surface area contributed by atoms with Crippen molar-refractivity contribution in [1.82, 2.24) is 10.6 Å². The molecule has 5 rings (SSSR count). The van der Waals surface area contributed by atoms with E-state index in [4.69, 9.17) is 9.47 Å². The number of ether oxygens (including phenoxy) is 2. The molecule has 7 nitrogen and oxygen atoms in total. The highest BCUT2D eigenvalue weighted by molar-refractivity contribution is 5.92. The topological polar surface area (TPSA) is 93.7 Å². The molecule has 2 N–H and O–H groups in total. The van der Waals surface area contributed by atoms with E-state index in [1.165, 1.54) is 11.1 Å². The summed E-state index contributed by atoms with van der Waals surface area (Å²) >= 11 is 0. The summed E-state index contributed by atoms with van der Waals surface area (Å²) in [6.07, 6.45) is 3.34. The molecule has 2 amide bonds. The summed E-state index contributed by atoms with van der Waals surface area (Å²) in [6, 6.07) is 23.3. The van der Waals surface area contributed by atoms with Crippen LogP contribution < -0.4 is 15.4 Å². The molecule has 3 aromatic rings. The van der Waals surface area contributed by atoms with Crippen LogP contribution in [0.15, 0.2) is 78.9 Å². The van der Waals surface area contributed by atoms with Gasteiger partial charge >= 0.3 is 5.97 Å². The maximum Gasteiger partial charge on any atom is 0.329 e. The van der Waals surface area contributed by atoms with Gasteiger partial charge in [0, 0.05) is 12.3 Å². The van der Waals surface area contributed by atoms with Crippen molar-refractivity contribution in [2.45, 2.75) is 50.8 Å². The molecule has 3 aromatic carbocycles. The second kappa shape index (κ2) is 12.2. The molecule has 39 heavy (non-hydrogen) atoms. The quantitative estimate of drug-likeness (QED) is 0.371. The fourth-order valence-corrected chi connectivity index (χ4v) is 5.12. The Morgan fingerprint density at radius 2 is 1.46 bits per heavy atom. The zero-order valence-electron chi connectivity index (χ0n) is 22.1. The van der Waals surface area contributed by atoms with Gasteiger partial charge < -0.3 is 20.1 Å². The van der Waals surface area contributed by atoms with Crippen LogP contribution in [0.2, 0.25) is 0 Å². The molecular weight excluding hydrogens is 492 g/mol. The highest BCUT2D eigenvalue weighted by Crippen LogP contribution is 2.34. The van der Waals surface area contributed by atoms with E-state index in [9.17, 15) is 14.4 Å². The fraction of sp³-hybridized carbons (Fsp3) is 0.344. The van der Waals surface area contributed by atoms with E-state index in [1.807, 2.05) is 66.7 Å². The summed E-state index contributed by atoms with van der Waals surface area (Å²) in [7, 11) is 1.59. The summed E-state index contributed by atoms with van der Waals surface area (Å²) in [6.45, 7) is 0.111. The maximum absolute atomic E-state index is 13.5. The molecule has 0 bridgehead atoms. The molecule has 0 heterocycles. The first-order valence-corrected chi connectivity index (χ1v) is 13.5. The highest BCUT2D eigenvalue weighted by atomic mass is 16.5. The predicted molar refractivity (Wildman–Crippen MR) is 147 cm³/mol. The highest BCUT2D eigenvalue weighted by Gasteiger charge is 2.40. The molecule has 0 saturated heterocycles. The van der Waals surface area contributed by atoms with Gasteiger partial charge in [0.25, 0.3) is 0 Å². The summed E-state index contributed by atoms with van der Waals surface area (Å²) in [4.78, 5) is 39.9. The van der Waals surface area contributed by atoms with Crippen molar-refractivity contribution in [3.05, 3.63) is 101 Å². The lowest BCUT2D eigenvalue weighted by Gasteiger charge is -2.24. The Morgan fingerprint density at radius 1 is 0.821 bits per heavy atom. The van der Waals surface area contributed by atoms with E-state index in [2.05, 4.69) is 22.8 Å². The predicted octanol–water partition coefficient (Wildman–Crippen LogP) is 3.78. The minimum absolute atomic E-state index is 0.0692. The van der Waals surface area contributed by atoms with E-state index in [0.29, 0.717) is 18.6 Å². The van der Waals surface area contributed by atoms with Crippen LogP contribution in [0.5, 0.6) is 5.75 Å². The van der Waals surface area contributed by atoms with Gasteiger partial charge in [0.05, 0.1) is 7.11 Å². The zero-order valence-corrected chi connectivity index (χ0v) is 22.1. The molecule has 0 aromatic heterocycles. The number of hydrogen-bond acceptors (Lipinski definition) is 5. The van der Waals surface area contributed by atoms with Crippen LogP contribution in [0, 0.1) is 11.8 Å². The van der Waals surface area contributed by atoms with Crippen molar-refractivity contribution in [2.24, 2.45) is 11.8 Å². The smallest absolute Gasteiger partial charge is 0.329 e. The van der Waals surface area contributed by atoms with Crippen LogP contribution in [0.25, 0.3) is 0 Å². The molecule has 2 aliphatic carbocycles. The first-order valence-electron chi connectivity index (χ1n) is 13.5. The first-order chi connectivity index (χ1) is 19.0. The molecule has 202 valence electrons. The molecular formula is C32H34N2O5. The number of nitrogens with one attached hydrogen (secondary N) is 2. The molecule has 0 aliphatic heterocycles. The van der Waals surface area contributed by atoms with Crippen LogP contribution in [0.3, 0.4) is 0 Å². The molecule has 2 unspecified atom stereocenters. The summed E-state index contributed by atoms with van der Waals surface area (Å²) < 4.78 is 10.8. The zero-order chi connectivity index (χ0) is 27.2. The van der Waals surface area contributed by atoms with E-state index < -0.39 is 18.1 Å². The van der Waals surface area contributed by atoms with Crippen LogP contribution in [0.1, 0.15) is 35.1 Å². The number of esters is 1. The van der Waals surface area contributed by atoms with Gasteiger partial charge in [0.1, 0.15) is 24.4 Å². The van der Waals surface area contributed by atoms with Gasteiger partial charge in [0.15, 0.2) is 0 Å². The number of hydrogen-bond donors (Lipinski definition) is 2. The summed E-state index contributed by atoms with van der Waals surface area (Å²) in [5, 5.41) is 5.92. The number of methoxy groups -OCH3 is 1. The average molecular weight is 527 g/mol. The largest absolute Gasteiger partial charge is 0.497 e. The van der Waals surface area contributed by atoms with Crippen LogP contribution in [-0.2, 0) is 45.0 Å². The van der Waals surface area contributed by atoms with Gasteiger partial charge in [-0.3, -0.25) is 9.59 Å². The number of carbonyl (C=O) groups excluding carboxylic acids is 3. The Morgan fingerprint density at radius 3 is 2.08 bits per heavy atom. The lowest BCUT2D eigenvalue weighted by atomic mass is 10.0. The van der Waals surface area contributed by atoms with Crippen LogP contribution in [-0.4, -0.2) is 37.0 Å². The SMILES string of the molecule is COc1ccc(CC(NC(=O)C(NC(=O)C2Cc3ccccc3C2)C2CC2)C(=O)OCc2ccccc2)cc1. The molecule has 0 spiro atoms. The molecule has 7 heteroatoms.